The van der Waals surface area contributed by atoms with Gasteiger partial charge in [0.2, 0.25) is 0 Å². The Hall–Kier alpha value is -1.51. The molecule has 98 valence electrons. The highest BCUT2D eigenvalue weighted by molar-refractivity contribution is 5.85. The fourth-order valence-corrected chi connectivity index (χ4v) is 2.63. The van der Waals surface area contributed by atoms with Crippen LogP contribution >= 0.6 is 0 Å². The zero-order valence-corrected chi connectivity index (χ0v) is 12.4. The van der Waals surface area contributed by atoms with E-state index in [2.05, 4.69) is 53.5 Å². The summed E-state index contributed by atoms with van der Waals surface area (Å²) >= 11 is 0. The summed E-state index contributed by atoms with van der Waals surface area (Å²) in [6, 6.07) is 0. The van der Waals surface area contributed by atoms with Gasteiger partial charge in [-0.25, -0.2) is 4.79 Å². The van der Waals surface area contributed by atoms with Gasteiger partial charge in [-0.1, -0.05) is 0 Å². The third-order valence-electron chi connectivity index (χ3n) is 3.98. The minimum Gasteiger partial charge on any atom is -0.305 e. The normalized spacial score (nSPS) is 12.4. The predicted octanol–water partition coefficient (Wildman–Crippen LogP) is 3.32. The van der Waals surface area contributed by atoms with Gasteiger partial charge in [0, 0.05) is 5.54 Å². The first-order valence-corrected chi connectivity index (χ1v) is 6.37. The maximum Gasteiger partial charge on any atom is 0.326 e. The molecule has 0 aliphatic heterocycles. The lowest BCUT2D eigenvalue weighted by Gasteiger charge is -2.22. The van der Waals surface area contributed by atoms with Gasteiger partial charge in [0.25, 0.3) is 0 Å². The van der Waals surface area contributed by atoms with Gasteiger partial charge in [0.15, 0.2) is 0 Å². The Labute approximate surface area is 108 Å². The van der Waals surface area contributed by atoms with Gasteiger partial charge in [-0.15, -0.1) is 0 Å². The van der Waals surface area contributed by atoms with Crippen molar-refractivity contribution in [2.75, 3.05) is 0 Å². The molecule has 3 heteroatoms. The van der Waals surface area contributed by atoms with Crippen LogP contribution in [0, 0.1) is 27.7 Å². The Morgan fingerprint density at radius 1 is 0.889 bits per heavy atom. The van der Waals surface area contributed by atoms with Crippen molar-refractivity contribution in [3.63, 3.8) is 0 Å². The van der Waals surface area contributed by atoms with Gasteiger partial charge in [-0.05, 0) is 70.7 Å². The van der Waals surface area contributed by atoms with Crippen LogP contribution < -0.4 is 5.69 Å². The highest BCUT2D eigenvalue weighted by Gasteiger charge is 2.23. The molecule has 0 unspecified atom stereocenters. The average Bonchev–Trinajstić information content (AvgIpc) is 2.61. The number of benzene rings is 1. The third-order valence-corrected chi connectivity index (χ3v) is 3.98. The van der Waals surface area contributed by atoms with Crippen LogP contribution in [0.4, 0.5) is 0 Å². The summed E-state index contributed by atoms with van der Waals surface area (Å²) < 4.78 is 1.87. The van der Waals surface area contributed by atoms with Crippen molar-refractivity contribution in [2.45, 2.75) is 54.0 Å². The summed E-state index contributed by atoms with van der Waals surface area (Å²) in [5.74, 6) is 0. The fourth-order valence-electron chi connectivity index (χ4n) is 2.63. The van der Waals surface area contributed by atoms with Crippen LogP contribution in [0.2, 0.25) is 0 Å². The molecule has 2 rings (SSSR count). The molecule has 2 aromatic rings. The molecule has 0 radical (unpaired) electrons. The Balaban J connectivity index is 3.10. The average molecular weight is 246 g/mol. The number of aromatic amines is 1. The van der Waals surface area contributed by atoms with E-state index in [0.717, 1.165) is 11.0 Å². The predicted molar refractivity (Wildman–Crippen MR) is 76.5 cm³/mol. The number of imidazole rings is 1. The molecule has 0 aliphatic carbocycles. The number of nitrogens with one attached hydrogen (secondary N) is 1. The number of rotatable bonds is 0. The molecule has 0 saturated heterocycles. The van der Waals surface area contributed by atoms with E-state index in [4.69, 9.17) is 0 Å². The van der Waals surface area contributed by atoms with E-state index in [9.17, 15) is 4.79 Å². The van der Waals surface area contributed by atoms with Gasteiger partial charge in [-0.3, -0.25) is 4.57 Å². The molecular weight excluding hydrogens is 224 g/mol. The van der Waals surface area contributed by atoms with E-state index < -0.39 is 0 Å². The second-order valence-corrected chi connectivity index (χ2v) is 6.16. The van der Waals surface area contributed by atoms with E-state index in [1.807, 2.05) is 4.57 Å². The van der Waals surface area contributed by atoms with Gasteiger partial charge in [0.05, 0.1) is 11.0 Å². The minimum absolute atomic E-state index is 0.0197. The molecule has 0 spiro atoms. The second kappa shape index (κ2) is 3.74. The largest absolute Gasteiger partial charge is 0.326 e. The fraction of sp³-hybridized carbons (Fsp3) is 0.533. The molecule has 0 atom stereocenters. The molecule has 3 nitrogen and oxygen atoms in total. The van der Waals surface area contributed by atoms with Crippen molar-refractivity contribution in [1.82, 2.24) is 9.55 Å². The van der Waals surface area contributed by atoms with Crippen LogP contribution in [0.5, 0.6) is 0 Å². The Bertz CT molecular complexity index is 681. The maximum atomic E-state index is 12.2. The van der Waals surface area contributed by atoms with Crippen molar-refractivity contribution in [1.29, 1.82) is 0 Å². The smallest absolute Gasteiger partial charge is 0.305 e. The monoisotopic (exact) mass is 246 g/mol. The molecule has 0 saturated carbocycles. The molecule has 0 bridgehead atoms. The van der Waals surface area contributed by atoms with Gasteiger partial charge < -0.3 is 4.98 Å². The number of aromatic nitrogens is 2. The first-order chi connectivity index (χ1) is 8.16. The quantitative estimate of drug-likeness (QED) is 0.760. The van der Waals surface area contributed by atoms with Crippen LogP contribution in [0.1, 0.15) is 43.0 Å². The van der Waals surface area contributed by atoms with Crippen molar-refractivity contribution >= 4 is 11.0 Å². The summed E-state index contributed by atoms with van der Waals surface area (Å²) in [7, 11) is 0. The molecule has 1 N–H and O–H groups in total. The Morgan fingerprint density at radius 3 is 1.89 bits per heavy atom. The summed E-state index contributed by atoms with van der Waals surface area (Å²) in [5.41, 5.74) is 6.71. The molecule has 18 heavy (non-hydrogen) atoms. The SMILES string of the molecule is Cc1c(C)c(C)c2c([nH]c(=O)n2C(C)(C)C)c1C. The van der Waals surface area contributed by atoms with E-state index in [-0.39, 0.29) is 11.2 Å². The molecule has 0 aliphatic rings. The zero-order valence-electron chi connectivity index (χ0n) is 12.4. The molecule has 0 fully saturated rings. The first kappa shape index (κ1) is 12.9. The molecular formula is C15H22N2O. The van der Waals surface area contributed by atoms with Crippen molar-refractivity contribution in [3.8, 4) is 0 Å². The summed E-state index contributed by atoms with van der Waals surface area (Å²) in [4.78, 5) is 15.2. The lowest BCUT2D eigenvalue weighted by molar-refractivity contribution is 0.397. The highest BCUT2D eigenvalue weighted by Crippen LogP contribution is 2.29. The van der Waals surface area contributed by atoms with Crippen molar-refractivity contribution < 1.29 is 0 Å². The van der Waals surface area contributed by atoms with Crippen molar-refractivity contribution in [3.05, 3.63) is 32.7 Å². The van der Waals surface area contributed by atoms with Crippen LogP contribution in [0.25, 0.3) is 11.0 Å². The standard InChI is InChI=1S/C15H22N2O/c1-8-9(2)11(4)13-12(10(8)3)16-14(18)17(13)15(5,6)7/h1-7H3,(H,16,18). The molecule has 1 heterocycles. The summed E-state index contributed by atoms with van der Waals surface area (Å²) in [6.45, 7) is 14.6. The van der Waals surface area contributed by atoms with Crippen LogP contribution in [0.3, 0.4) is 0 Å². The lowest BCUT2D eigenvalue weighted by atomic mass is 9.96. The summed E-state index contributed by atoms with van der Waals surface area (Å²) in [6.07, 6.45) is 0. The summed E-state index contributed by atoms with van der Waals surface area (Å²) in [5, 5.41) is 0. The lowest BCUT2D eigenvalue weighted by Crippen LogP contribution is -2.32. The van der Waals surface area contributed by atoms with E-state index in [1.165, 1.54) is 22.3 Å². The first-order valence-electron chi connectivity index (χ1n) is 6.37. The highest BCUT2D eigenvalue weighted by atomic mass is 16.1. The van der Waals surface area contributed by atoms with E-state index in [1.54, 1.807) is 0 Å². The second-order valence-electron chi connectivity index (χ2n) is 6.16. The van der Waals surface area contributed by atoms with Gasteiger partial charge in [0.1, 0.15) is 0 Å². The van der Waals surface area contributed by atoms with Crippen LogP contribution in [-0.4, -0.2) is 9.55 Å². The van der Waals surface area contributed by atoms with E-state index >= 15 is 0 Å². The number of aryl methyl sites for hydroxylation is 2. The number of fused-ring (bicyclic) bond motifs is 1. The minimum atomic E-state index is -0.214. The zero-order chi connectivity index (χ0) is 13.8. The van der Waals surface area contributed by atoms with E-state index in [0.29, 0.717) is 0 Å². The van der Waals surface area contributed by atoms with Gasteiger partial charge >= 0.3 is 5.69 Å². The molecule has 1 aromatic carbocycles. The number of nitrogens with zero attached hydrogens (tertiary/aromatic N) is 1. The molecule has 1 aromatic heterocycles. The maximum absolute atomic E-state index is 12.2. The number of hydrogen-bond acceptors (Lipinski definition) is 1. The van der Waals surface area contributed by atoms with Gasteiger partial charge in [-0.2, -0.15) is 0 Å². The Kier molecular flexibility index (Phi) is 2.69. The Morgan fingerprint density at radius 2 is 1.39 bits per heavy atom. The molecule has 0 amide bonds. The number of H-pyrrole nitrogens is 1. The van der Waals surface area contributed by atoms with Crippen LogP contribution in [-0.2, 0) is 5.54 Å². The van der Waals surface area contributed by atoms with Crippen LogP contribution in [0.15, 0.2) is 4.79 Å². The van der Waals surface area contributed by atoms with Crippen molar-refractivity contribution in [2.24, 2.45) is 0 Å². The third kappa shape index (κ3) is 1.61. The topological polar surface area (TPSA) is 37.8 Å². The number of hydrogen-bond donors (Lipinski definition) is 1.